The minimum absolute atomic E-state index is 0.133. The predicted octanol–water partition coefficient (Wildman–Crippen LogP) is 3.22. The van der Waals surface area contributed by atoms with Crippen LogP contribution in [-0.2, 0) is 0 Å². The number of aromatic nitrogens is 5. The number of hydrogen-bond donors (Lipinski definition) is 1. The molecule has 0 radical (unpaired) electrons. The molecule has 0 spiro atoms. The van der Waals surface area contributed by atoms with Gasteiger partial charge in [-0.25, -0.2) is 9.67 Å². The second-order valence-electron chi connectivity index (χ2n) is 5.27. The van der Waals surface area contributed by atoms with Gasteiger partial charge < -0.3 is 9.84 Å². The number of halogens is 1. The average molecular weight is 367 g/mol. The van der Waals surface area contributed by atoms with Crippen LogP contribution < -0.4 is 5.32 Å². The van der Waals surface area contributed by atoms with Crippen LogP contribution in [-0.4, -0.2) is 30.8 Å². The number of hydrogen-bond acceptors (Lipinski definition) is 6. The number of nitrogens with zero attached hydrogens (tertiary/aromatic N) is 5. The number of pyridine rings is 1. The van der Waals surface area contributed by atoms with E-state index in [0.717, 1.165) is 5.56 Å². The lowest BCUT2D eigenvalue weighted by Gasteiger charge is -2.10. The lowest BCUT2D eigenvalue weighted by atomic mass is 10.2. The van der Waals surface area contributed by atoms with E-state index in [9.17, 15) is 4.79 Å². The summed E-state index contributed by atoms with van der Waals surface area (Å²) in [5.41, 5.74) is 1.95. The zero-order valence-corrected chi connectivity index (χ0v) is 14.0. The summed E-state index contributed by atoms with van der Waals surface area (Å²) in [5.74, 6) is 0.0124. The van der Waals surface area contributed by atoms with Crippen molar-refractivity contribution >= 4 is 23.2 Å². The summed E-state index contributed by atoms with van der Waals surface area (Å²) in [6.45, 7) is 0. The summed E-state index contributed by atoms with van der Waals surface area (Å²) in [4.78, 5) is 20.5. The molecule has 0 aliphatic carbocycles. The first kappa shape index (κ1) is 16.0. The van der Waals surface area contributed by atoms with E-state index < -0.39 is 5.91 Å². The fourth-order valence-corrected chi connectivity index (χ4v) is 2.53. The van der Waals surface area contributed by atoms with Gasteiger partial charge in [-0.05, 0) is 30.3 Å². The normalized spacial score (nSPS) is 10.7. The maximum atomic E-state index is 12.6. The zero-order valence-electron chi connectivity index (χ0n) is 13.2. The molecule has 4 aromatic rings. The molecule has 1 amide bonds. The molecule has 8 nitrogen and oxygen atoms in total. The Bertz CT molecular complexity index is 1050. The topological polar surface area (TPSA) is 98.7 Å². The molecule has 1 N–H and O–H groups in total. The molecule has 26 heavy (non-hydrogen) atoms. The van der Waals surface area contributed by atoms with Gasteiger partial charge in [0.15, 0.2) is 11.5 Å². The van der Waals surface area contributed by atoms with E-state index in [1.54, 1.807) is 42.7 Å². The molecule has 4 rings (SSSR count). The molecule has 0 saturated heterocycles. The molecule has 0 saturated carbocycles. The van der Waals surface area contributed by atoms with Crippen molar-refractivity contribution in [2.75, 3.05) is 5.32 Å². The van der Waals surface area contributed by atoms with E-state index in [1.165, 1.54) is 17.3 Å². The molecule has 9 heteroatoms. The SMILES string of the molecule is O=C(Nc1cc(Cl)ccc1-n1cncn1)c1cc(-c2cccnc2)on1. The zero-order chi connectivity index (χ0) is 17.9. The fourth-order valence-electron chi connectivity index (χ4n) is 2.35. The summed E-state index contributed by atoms with van der Waals surface area (Å²) in [6, 6.07) is 10.2. The second kappa shape index (κ2) is 6.77. The molecule has 3 aromatic heterocycles. The first-order chi connectivity index (χ1) is 12.7. The summed E-state index contributed by atoms with van der Waals surface area (Å²) < 4.78 is 6.75. The Morgan fingerprint density at radius 3 is 2.88 bits per heavy atom. The van der Waals surface area contributed by atoms with E-state index in [2.05, 4.69) is 25.5 Å². The maximum absolute atomic E-state index is 12.6. The molecule has 1 aromatic carbocycles. The summed E-state index contributed by atoms with van der Waals surface area (Å²) in [5, 5.41) is 11.1. The number of benzene rings is 1. The molecule has 0 atom stereocenters. The van der Waals surface area contributed by atoms with Crippen molar-refractivity contribution < 1.29 is 9.32 Å². The maximum Gasteiger partial charge on any atom is 0.277 e. The largest absolute Gasteiger partial charge is 0.355 e. The summed E-state index contributed by atoms with van der Waals surface area (Å²) >= 11 is 6.05. The Kier molecular flexibility index (Phi) is 4.16. The molecule has 128 valence electrons. The number of carbonyl (C=O) groups is 1. The Morgan fingerprint density at radius 2 is 2.12 bits per heavy atom. The Balaban J connectivity index is 1.61. The molecular weight excluding hydrogens is 356 g/mol. The Morgan fingerprint density at radius 1 is 1.19 bits per heavy atom. The van der Waals surface area contributed by atoms with Gasteiger partial charge in [0.25, 0.3) is 5.91 Å². The van der Waals surface area contributed by atoms with Crippen molar-refractivity contribution in [1.29, 1.82) is 0 Å². The minimum atomic E-state index is -0.437. The highest BCUT2D eigenvalue weighted by Crippen LogP contribution is 2.25. The summed E-state index contributed by atoms with van der Waals surface area (Å²) in [7, 11) is 0. The van der Waals surface area contributed by atoms with Crippen LogP contribution in [0.1, 0.15) is 10.5 Å². The van der Waals surface area contributed by atoms with E-state index in [1.807, 2.05) is 6.07 Å². The van der Waals surface area contributed by atoms with E-state index in [4.69, 9.17) is 16.1 Å². The minimum Gasteiger partial charge on any atom is -0.355 e. The number of nitrogens with one attached hydrogen (secondary N) is 1. The highest BCUT2D eigenvalue weighted by molar-refractivity contribution is 6.31. The van der Waals surface area contributed by atoms with E-state index in [-0.39, 0.29) is 5.69 Å². The number of amides is 1. The van der Waals surface area contributed by atoms with Gasteiger partial charge in [0.1, 0.15) is 12.7 Å². The fraction of sp³-hybridized carbons (Fsp3) is 0. The van der Waals surface area contributed by atoms with Crippen LogP contribution in [0.5, 0.6) is 0 Å². The van der Waals surface area contributed by atoms with E-state index in [0.29, 0.717) is 22.2 Å². The van der Waals surface area contributed by atoms with Crippen LogP contribution in [0.2, 0.25) is 5.02 Å². The quantitative estimate of drug-likeness (QED) is 0.595. The third kappa shape index (κ3) is 3.17. The van der Waals surface area contributed by atoms with Gasteiger partial charge in [0, 0.05) is 29.0 Å². The van der Waals surface area contributed by atoms with Crippen LogP contribution >= 0.6 is 11.6 Å². The van der Waals surface area contributed by atoms with Crippen molar-refractivity contribution in [2.45, 2.75) is 0 Å². The third-order valence-electron chi connectivity index (χ3n) is 3.56. The van der Waals surface area contributed by atoms with Crippen molar-refractivity contribution in [1.82, 2.24) is 24.9 Å². The number of anilines is 1. The van der Waals surface area contributed by atoms with Crippen molar-refractivity contribution in [3.05, 3.63) is 72.2 Å². The van der Waals surface area contributed by atoms with Gasteiger partial charge in [-0.1, -0.05) is 16.8 Å². The molecular formula is C17H11ClN6O2. The smallest absolute Gasteiger partial charge is 0.277 e. The number of rotatable bonds is 4. The molecule has 0 unspecified atom stereocenters. The lowest BCUT2D eigenvalue weighted by Crippen LogP contribution is -2.14. The highest BCUT2D eigenvalue weighted by atomic mass is 35.5. The van der Waals surface area contributed by atoms with Crippen LogP contribution in [0.4, 0.5) is 5.69 Å². The van der Waals surface area contributed by atoms with Gasteiger partial charge in [-0.15, -0.1) is 0 Å². The Hall–Kier alpha value is -3.52. The van der Waals surface area contributed by atoms with Crippen LogP contribution in [0.25, 0.3) is 17.0 Å². The molecule has 0 bridgehead atoms. The van der Waals surface area contributed by atoms with E-state index >= 15 is 0 Å². The lowest BCUT2D eigenvalue weighted by molar-refractivity contribution is 0.101. The standard InChI is InChI=1S/C17H11ClN6O2/c18-12-3-4-15(24-10-20-9-21-24)13(6-12)22-17(25)14-7-16(26-23-14)11-2-1-5-19-8-11/h1-10H,(H,22,25). The van der Waals surface area contributed by atoms with Gasteiger partial charge in [-0.2, -0.15) is 5.10 Å². The summed E-state index contributed by atoms with van der Waals surface area (Å²) in [6.07, 6.45) is 6.20. The molecule has 0 aliphatic rings. The van der Waals surface area contributed by atoms with Gasteiger partial charge in [0.2, 0.25) is 0 Å². The predicted molar refractivity (Wildman–Crippen MR) is 94.1 cm³/mol. The Labute approximate surface area is 152 Å². The average Bonchev–Trinajstić information content (AvgIpc) is 3.35. The van der Waals surface area contributed by atoms with Crippen LogP contribution in [0, 0.1) is 0 Å². The monoisotopic (exact) mass is 366 g/mol. The van der Waals surface area contributed by atoms with Gasteiger partial charge in [0.05, 0.1) is 11.4 Å². The first-order valence-electron chi connectivity index (χ1n) is 7.54. The van der Waals surface area contributed by atoms with Crippen molar-refractivity contribution in [3.63, 3.8) is 0 Å². The van der Waals surface area contributed by atoms with Gasteiger partial charge >= 0.3 is 0 Å². The molecule has 3 heterocycles. The molecule has 0 aliphatic heterocycles. The second-order valence-corrected chi connectivity index (χ2v) is 5.71. The highest BCUT2D eigenvalue weighted by Gasteiger charge is 2.16. The first-order valence-corrected chi connectivity index (χ1v) is 7.91. The number of carbonyl (C=O) groups excluding carboxylic acids is 1. The molecule has 0 fully saturated rings. The van der Waals surface area contributed by atoms with Crippen LogP contribution in [0.3, 0.4) is 0 Å². The van der Waals surface area contributed by atoms with Crippen molar-refractivity contribution in [2.24, 2.45) is 0 Å². The van der Waals surface area contributed by atoms with Gasteiger partial charge in [-0.3, -0.25) is 9.78 Å². The third-order valence-corrected chi connectivity index (χ3v) is 3.80. The van der Waals surface area contributed by atoms with Crippen LogP contribution in [0.15, 0.2) is 66.0 Å². The van der Waals surface area contributed by atoms with Crippen molar-refractivity contribution in [3.8, 4) is 17.0 Å².